The predicted octanol–water partition coefficient (Wildman–Crippen LogP) is 0.546. The Morgan fingerprint density at radius 3 is 2.71 bits per heavy atom. The Balaban J connectivity index is 2.81. The molecule has 6 nitrogen and oxygen atoms in total. The molecule has 0 saturated heterocycles. The van der Waals surface area contributed by atoms with Gasteiger partial charge in [0.2, 0.25) is 0 Å². The minimum atomic E-state index is 0.199. The summed E-state index contributed by atoms with van der Waals surface area (Å²) in [5, 5.41) is 0. The van der Waals surface area contributed by atoms with Crippen molar-refractivity contribution in [3.8, 4) is 0 Å². The molecule has 1 rings (SSSR count). The lowest BCUT2D eigenvalue weighted by Gasteiger charge is -2.29. The van der Waals surface area contributed by atoms with Crippen molar-refractivity contribution in [2.75, 3.05) is 44.6 Å². The normalized spacial score (nSPS) is 12.4. The van der Waals surface area contributed by atoms with Gasteiger partial charge in [-0.2, -0.15) is 0 Å². The molecule has 0 saturated carbocycles. The molecule has 0 fully saturated rings. The van der Waals surface area contributed by atoms with Gasteiger partial charge >= 0.3 is 0 Å². The molecule has 0 spiro atoms. The van der Waals surface area contributed by atoms with Gasteiger partial charge in [-0.05, 0) is 6.92 Å². The quantitative estimate of drug-likeness (QED) is 0.750. The Morgan fingerprint density at radius 1 is 1.35 bits per heavy atom. The Hall–Kier alpha value is -1.40. The molecular formula is C11H20N4O2. The van der Waals surface area contributed by atoms with Gasteiger partial charge in [-0.25, -0.2) is 9.97 Å². The fourth-order valence-electron chi connectivity index (χ4n) is 1.60. The molecule has 1 atom stereocenters. The lowest BCUT2D eigenvalue weighted by atomic mass is 10.3. The van der Waals surface area contributed by atoms with Crippen molar-refractivity contribution >= 4 is 11.6 Å². The van der Waals surface area contributed by atoms with E-state index >= 15 is 0 Å². The zero-order valence-electron chi connectivity index (χ0n) is 10.6. The topological polar surface area (TPSA) is 73.5 Å². The molecule has 1 aromatic heterocycles. The molecule has 1 aromatic rings. The number of hydrogen-bond acceptors (Lipinski definition) is 6. The fourth-order valence-corrected chi connectivity index (χ4v) is 1.60. The van der Waals surface area contributed by atoms with Crippen LogP contribution in [0.15, 0.2) is 12.4 Å². The SMILES string of the molecule is COCCN(c1cc(N)ncn1)C(C)COC. The fraction of sp³-hybridized carbons (Fsp3) is 0.636. The highest BCUT2D eigenvalue weighted by molar-refractivity contribution is 5.46. The monoisotopic (exact) mass is 240 g/mol. The molecule has 6 heteroatoms. The molecule has 0 bridgehead atoms. The van der Waals surface area contributed by atoms with E-state index < -0.39 is 0 Å². The molecule has 0 aliphatic heterocycles. The van der Waals surface area contributed by atoms with Crippen LogP contribution in [0, 0.1) is 0 Å². The van der Waals surface area contributed by atoms with Gasteiger partial charge in [0.05, 0.1) is 19.3 Å². The molecule has 96 valence electrons. The van der Waals surface area contributed by atoms with Crippen LogP contribution in [0.25, 0.3) is 0 Å². The Morgan fingerprint density at radius 2 is 2.12 bits per heavy atom. The highest BCUT2D eigenvalue weighted by atomic mass is 16.5. The summed E-state index contributed by atoms with van der Waals surface area (Å²) >= 11 is 0. The van der Waals surface area contributed by atoms with Crippen LogP contribution in [0.2, 0.25) is 0 Å². The minimum absolute atomic E-state index is 0.199. The molecule has 0 aliphatic rings. The summed E-state index contributed by atoms with van der Waals surface area (Å²) in [6, 6.07) is 1.95. The summed E-state index contributed by atoms with van der Waals surface area (Å²) in [6.07, 6.45) is 1.46. The van der Waals surface area contributed by atoms with Gasteiger partial charge in [0.1, 0.15) is 18.0 Å². The molecule has 0 aromatic carbocycles. The first-order chi connectivity index (χ1) is 8.19. The number of ether oxygens (including phenoxy) is 2. The van der Waals surface area contributed by atoms with E-state index in [9.17, 15) is 0 Å². The van der Waals surface area contributed by atoms with E-state index in [0.717, 1.165) is 12.4 Å². The predicted molar refractivity (Wildman–Crippen MR) is 67.0 cm³/mol. The third-order valence-corrected chi connectivity index (χ3v) is 2.44. The van der Waals surface area contributed by atoms with Crippen LogP contribution in [-0.2, 0) is 9.47 Å². The zero-order valence-corrected chi connectivity index (χ0v) is 10.6. The van der Waals surface area contributed by atoms with Crippen molar-refractivity contribution in [1.82, 2.24) is 9.97 Å². The van der Waals surface area contributed by atoms with E-state index in [4.69, 9.17) is 15.2 Å². The van der Waals surface area contributed by atoms with E-state index in [1.54, 1.807) is 20.3 Å². The highest BCUT2D eigenvalue weighted by Gasteiger charge is 2.15. The summed E-state index contributed by atoms with van der Waals surface area (Å²) in [5.41, 5.74) is 5.66. The summed E-state index contributed by atoms with van der Waals surface area (Å²) in [5.74, 6) is 1.25. The number of nitrogens with two attached hydrogens (primary N) is 1. The highest BCUT2D eigenvalue weighted by Crippen LogP contribution is 2.15. The third kappa shape index (κ3) is 4.16. The number of nitrogen functional groups attached to an aromatic ring is 1. The maximum atomic E-state index is 5.66. The largest absolute Gasteiger partial charge is 0.384 e. The first-order valence-corrected chi connectivity index (χ1v) is 5.51. The van der Waals surface area contributed by atoms with Gasteiger partial charge in [0.25, 0.3) is 0 Å². The van der Waals surface area contributed by atoms with Gasteiger partial charge in [0, 0.05) is 26.8 Å². The van der Waals surface area contributed by atoms with Crippen LogP contribution in [0.5, 0.6) is 0 Å². The first-order valence-electron chi connectivity index (χ1n) is 5.51. The van der Waals surface area contributed by atoms with Crippen LogP contribution in [0.1, 0.15) is 6.92 Å². The Bertz CT molecular complexity index is 335. The Labute approximate surface area is 102 Å². The average Bonchev–Trinajstić information content (AvgIpc) is 2.30. The maximum absolute atomic E-state index is 5.66. The lowest BCUT2D eigenvalue weighted by molar-refractivity contribution is 0.170. The molecule has 1 unspecified atom stereocenters. The van der Waals surface area contributed by atoms with Gasteiger partial charge in [-0.3, -0.25) is 0 Å². The summed E-state index contributed by atoms with van der Waals surface area (Å²) < 4.78 is 10.3. The van der Waals surface area contributed by atoms with E-state index in [0.29, 0.717) is 19.0 Å². The van der Waals surface area contributed by atoms with E-state index in [2.05, 4.69) is 21.8 Å². The van der Waals surface area contributed by atoms with Crippen LogP contribution < -0.4 is 10.6 Å². The van der Waals surface area contributed by atoms with Crippen molar-refractivity contribution in [2.24, 2.45) is 0 Å². The second-order valence-electron chi connectivity index (χ2n) is 3.79. The number of hydrogen-bond donors (Lipinski definition) is 1. The number of aromatic nitrogens is 2. The van der Waals surface area contributed by atoms with E-state index in [1.807, 2.05) is 0 Å². The summed E-state index contributed by atoms with van der Waals surface area (Å²) in [4.78, 5) is 10.2. The van der Waals surface area contributed by atoms with Crippen LogP contribution >= 0.6 is 0 Å². The lowest BCUT2D eigenvalue weighted by Crippen LogP contribution is -2.39. The van der Waals surface area contributed by atoms with Crippen LogP contribution in [-0.4, -0.2) is 50.0 Å². The molecule has 1 heterocycles. The van der Waals surface area contributed by atoms with Crippen molar-refractivity contribution in [3.05, 3.63) is 12.4 Å². The Kier molecular flexibility index (Phi) is 5.65. The average molecular weight is 240 g/mol. The molecule has 17 heavy (non-hydrogen) atoms. The van der Waals surface area contributed by atoms with Crippen LogP contribution in [0.3, 0.4) is 0 Å². The van der Waals surface area contributed by atoms with Gasteiger partial charge in [0.15, 0.2) is 0 Å². The second kappa shape index (κ2) is 7.03. The molecule has 0 aliphatic carbocycles. The van der Waals surface area contributed by atoms with Crippen molar-refractivity contribution in [3.63, 3.8) is 0 Å². The van der Waals surface area contributed by atoms with Crippen LogP contribution in [0.4, 0.5) is 11.6 Å². The van der Waals surface area contributed by atoms with Crippen molar-refractivity contribution in [1.29, 1.82) is 0 Å². The smallest absolute Gasteiger partial charge is 0.134 e. The van der Waals surface area contributed by atoms with Gasteiger partial charge < -0.3 is 20.1 Å². The third-order valence-electron chi connectivity index (χ3n) is 2.44. The number of rotatable bonds is 7. The van der Waals surface area contributed by atoms with Crippen molar-refractivity contribution in [2.45, 2.75) is 13.0 Å². The molecular weight excluding hydrogens is 220 g/mol. The van der Waals surface area contributed by atoms with Crippen molar-refractivity contribution < 1.29 is 9.47 Å². The molecule has 0 radical (unpaired) electrons. The maximum Gasteiger partial charge on any atom is 0.134 e. The first kappa shape index (κ1) is 13.7. The van der Waals surface area contributed by atoms with Gasteiger partial charge in [-0.1, -0.05) is 0 Å². The second-order valence-corrected chi connectivity index (χ2v) is 3.79. The standard InChI is InChI=1S/C11H20N4O2/c1-9(7-17-3)15(4-5-16-2)11-6-10(12)13-8-14-11/h6,8-9H,4-5,7H2,1-3H3,(H2,12,13,14). The van der Waals surface area contributed by atoms with Gasteiger partial charge in [-0.15, -0.1) is 0 Å². The number of methoxy groups -OCH3 is 2. The van der Waals surface area contributed by atoms with E-state index in [1.165, 1.54) is 6.33 Å². The molecule has 2 N–H and O–H groups in total. The zero-order chi connectivity index (χ0) is 12.7. The number of nitrogens with zero attached hydrogens (tertiary/aromatic N) is 3. The van der Waals surface area contributed by atoms with E-state index in [-0.39, 0.29) is 6.04 Å². The minimum Gasteiger partial charge on any atom is -0.384 e. The summed E-state index contributed by atoms with van der Waals surface area (Å²) in [6.45, 7) is 4.04. The summed E-state index contributed by atoms with van der Waals surface area (Å²) in [7, 11) is 3.35. The number of anilines is 2. The molecule has 0 amide bonds.